The van der Waals surface area contributed by atoms with Crippen LogP contribution in [0.3, 0.4) is 0 Å². The first-order valence-electron chi connectivity index (χ1n) is 7.82. The van der Waals surface area contributed by atoms with Crippen molar-refractivity contribution in [3.8, 4) is 0 Å². The van der Waals surface area contributed by atoms with Crippen LogP contribution in [0, 0.1) is 5.92 Å². The van der Waals surface area contributed by atoms with Crippen molar-refractivity contribution in [3.05, 3.63) is 0 Å². The summed E-state index contributed by atoms with van der Waals surface area (Å²) in [6.45, 7) is 12.9. The molecule has 0 aliphatic carbocycles. The van der Waals surface area contributed by atoms with Crippen molar-refractivity contribution in [3.63, 3.8) is 0 Å². The van der Waals surface area contributed by atoms with Gasteiger partial charge in [-0.25, -0.2) is 0 Å². The molecule has 3 unspecified atom stereocenters. The summed E-state index contributed by atoms with van der Waals surface area (Å²) in [5.41, 5.74) is 0. The molecule has 1 aliphatic heterocycles. The predicted molar refractivity (Wildman–Crippen MR) is 80.2 cm³/mol. The Kier molecular flexibility index (Phi) is 7.39. The molecular weight excluding hydrogens is 238 g/mol. The van der Waals surface area contributed by atoms with E-state index in [0.717, 1.165) is 25.9 Å². The van der Waals surface area contributed by atoms with Gasteiger partial charge < -0.3 is 15.5 Å². The highest BCUT2D eigenvalue weighted by atomic mass is 16.2. The molecule has 1 saturated heterocycles. The zero-order valence-electron chi connectivity index (χ0n) is 13.0. The molecule has 1 heterocycles. The lowest BCUT2D eigenvalue weighted by Gasteiger charge is -2.20. The molecule has 3 atom stereocenters. The quantitative estimate of drug-likeness (QED) is 0.704. The van der Waals surface area contributed by atoms with Crippen LogP contribution in [0.15, 0.2) is 0 Å². The molecule has 0 aromatic rings. The number of amides is 1. The highest BCUT2D eigenvalue weighted by Crippen LogP contribution is 2.14. The third kappa shape index (κ3) is 5.91. The van der Waals surface area contributed by atoms with E-state index in [4.69, 9.17) is 0 Å². The summed E-state index contributed by atoms with van der Waals surface area (Å²) in [5, 5.41) is 6.44. The molecule has 112 valence electrons. The van der Waals surface area contributed by atoms with Gasteiger partial charge in [0.05, 0.1) is 6.04 Å². The van der Waals surface area contributed by atoms with Crippen LogP contribution >= 0.6 is 0 Å². The van der Waals surface area contributed by atoms with Crippen LogP contribution in [0.5, 0.6) is 0 Å². The molecule has 1 aliphatic rings. The summed E-state index contributed by atoms with van der Waals surface area (Å²) in [5.74, 6) is 0.828. The minimum atomic E-state index is -0.0880. The number of hydrogen-bond donors (Lipinski definition) is 2. The van der Waals surface area contributed by atoms with Crippen LogP contribution in [-0.4, -0.2) is 49.1 Å². The van der Waals surface area contributed by atoms with Crippen LogP contribution < -0.4 is 10.6 Å². The van der Waals surface area contributed by atoms with E-state index in [-0.39, 0.29) is 18.0 Å². The third-order valence-electron chi connectivity index (χ3n) is 4.03. The highest BCUT2D eigenvalue weighted by molar-refractivity contribution is 5.81. The largest absolute Gasteiger partial charge is 0.352 e. The smallest absolute Gasteiger partial charge is 0.237 e. The standard InChI is InChI=1S/C15H31N3O/c1-5-7-12(3)17-15(19)13(4)16-10-14-8-9-18(6-2)11-14/h12-14,16H,5-11H2,1-4H3,(H,17,19). The summed E-state index contributed by atoms with van der Waals surface area (Å²) >= 11 is 0. The van der Waals surface area contributed by atoms with Gasteiger partial charge in [0.25, 0.3) is 0 Å². The van der Waals surface area contributed by atoms with Crippen LogP contribution in [-0.2, 0) is 4.79 Å². The van der Waals surface area contributed by atoms with Crippen molar-refractivity contribution in [2.24, 2.45) is 5.92 Å². The van der Waals surface area contributed by atoms with Gasteiger partial charge in [-0.1, -0.05) is 20.3 Å². The summed E-state index contributed by atoms with van der Waals surface area (Å²) in [7, 11) is 0. The highest BCUT2D eigenvalue weighted by Gasteiger charge is 2.22. The molecule has 2 N–H and O–H groups in total. The molecule has 0 spiro atoms. The Balaban J connectivity index is 2.19. The zero-order chi connectivity index (χ0) is 14.3. The Labute approximate surface area is 118 Å². The Hall–Kier alpha value is -0.610. The van der Waals surface area contributed by atoms with Crippen molar-refractivity contribution in [2.75, 3.05) is 26.2 Å². The number of likely N-dealkylation sites (tertiary alicyclic amines) is 1. The first-order chi connectivity index (χ1) is 9.06. The molecule has 1 fully saturated rings. The SMILES string of the molecule is CCCC(C)NC(=O)C(C)NCC1CCN(CC)C1. The Morgan fingerprint density at radius 1 is 1.37 bits per heavy atom. The van der Waals surface area contributed by atoms with Crippen LogP contribution in [0.2, 0.25) is 0 Å². The number of carbonyl (C=O) groups is 1. The summed E-state index contributed by atoms with van der Waals surface area (Å²) < 4.78 is 0. The summed E-state index contributed by atoms with van der Waals surface area (Å²) in [6.07, 6.45) is 3.41. The molecule has 19 heavy (non-hydrogen) atoms. The second-order valence-corrected chi connectivity index (χ2v) is 5.88. The molecule has 0 aromatic heterocycles. The van der Waals surface area contributed by atoms with Crippen LogP contribution in [0.1, 0.15) is 47.0 Å². The number of hydrogen-bond acceptors (Lipinski definition) is 3. The van der Waals surface area contributed by atoms with Crippen molar-refractivity contribution in [2.45, 2.75) is 59.0 Å². The number of rotatable bonds is 8. The lowest BCUT2D eigenvalue weighted by atomic mass is 10.1. The second-order valence-electron chi connectivity index (χ2n) is 5.88. The number of carbonyl (C=O) groups excluding carboxylic acids is 1. The van der Waals surface area contributed by atoms with Crippen LogP contribution in [0.25, 0.3) is 0 Å². The number of nitrogens with zero attached hydrogens (tertiary/aromatic N) is 1. The van der Waals surface area contributed by atoms with E-state index in [1.165, 1.54) is 19.5 Å². The first kappa shape index (κ1) is 16.4. The maximum absolute atomic E-state index is 12.0. The molecule has 0 radical (unpaired) electrons. The Morgan fingerprint density at radius 3 is 2.68 bits per heavy atom. The van der Waals surface area contributed by atoms with E-state index < -0.39 is 0 Å². The van der Waals surface area contributed by atoms with Gasteiger partial charge in [-0.3, -0.25) is 4.79 Å². The van der Waals surface area contributed by atoms with Gasteiger partial charge in [0.1, 0.15) is 0 Å². The predicted octanol–water partition coefficient (Wildman–Crippen LogP) is 1.61. The monoisotopic (exact) mass is 269 g/mol. The molecule has 4 heteroatoms. The Bertz CT molecular complexity index is 270. The zero-order valence-corrected chi connectivity index (χ0v) is 13.0. The molecule has 4 nitrogen and oxygen atoms in total. The summed E-state index contributed by atoms with van der Waals surface area (Å²) in [6, 6.07) is 0.193. The average molecular weight is 269 g/mol. The van der Waals surface area contributed by atoms with Gasteiger partial charge in [-0.05, 0) is 52.2 Å². The fourth-order valence-electron chi connectivity index (χ4n) is 2.68. The van der Waals surface area contributed by atoms with E-state index in [1.807, 2.05) is 6.92 Å². The fraction of sp³-hybridized carbons (Fsp3) is 0.933. The minimum absolute atomic E-state index is 0.0880. The van der Waals surface area contributed by atoms with Gasteiger partial charge in [-0.2, -0.15) is 0 Å². The van der Waals surface area contributed by atoms with E-state index in [1.54, 1.807) is 0 Å². The first-order valence-corrected chi connectivity index (χ1v) is 7.82. The summed E-state index contributed by atoms with van der Waals surface area (Å²) in [4.78, 5) is 14.4. The Morgan fingerprint density at radius 2 is 2.11 bits per heavy atom. The maximum Gasteiger partial charge on any atom is 0.237 e. The molecule has 0 saturated carbocycles. The second kappa shape index (κ2) is 8.54. The van der Waals surface area contributed by atoms with E-state index >= 15 is 0 Å². The van der Waals surface area contributed by atoms with Crippen molar-refractivity contribution in [1.82, 2.24) is 15.5 Å². The third-order valence-corrected chi connectivity index (χ3v) is 4.03. The maximum atomic E-state index is 12.0. The normalized spacial score (nSPS) is 23.3. The van der Waals surface area contributed by atoms with E-state index in [0.29, 0.717) is 5.92 Å². The van der Waals surface area contributed by atoms with Gasteiger partial charge in [0.15, 0.2) is 0 Å². The van der Waals surface area contributed by atoms with Gasteiger partial charge >= 0.3 is 0 Å². The number of nitrogens with one attached hydrogen (secondary N) is 2. The molecule has 0 bridgehead atoms. The van der Waals surface area contributed by atoms with Crippen molar-refractivity contribution < 1.29 is 4.79 Å². The lowest BCUT2D eigenvalue weighted by Crippen LogP contribution is -2.46. The molecule has 0 aromatic carbocycles. The minimum Gasteiger partial charge on any atom is -0.352 e. The van der Waals surface area contributed by atoms with E-state index in [2.05, 4.69) is 36.3 Å². The topological polar surface area (TPSA) is 44.4 Å². The van der Waals surface area contributed by atoms with Gasteiger partial charge in [-0.15, -0.1) is 0 Å². The van der Waals surface area contributed by atoms with Gasteiger partial charge in [0.2, 0.25) is 5.91 Å². The van der Waals surface area contributed by atoms with Crippen LogP contribution in [0.4, 0.5) is 0 Å². The molecule has 1 amide bonds. The lowest BCUT2D eigenvalue weighted by molar-refractivity contribution is -0.123. The van der Waals surface area contributed by atoms with Crippen molar-refractivity contribution in [1.29, 1.82) is 0 Å². The molecule has 1 rings (SSSR count). The van der Waals surface area contributed by atoms with Crippen molar-refractivity contribution >= 4 is 5.91 Å². The fourth-order valence-corrected chi connectivity index (χ4v) is 2.68. The molecular formula is C15H31N3O. The van der Waals surface area contributed by atoms with Gasteiger partial charge in [0, 0.05) is 12.6 Å². The average Bonchev–Trinajstić information content (AvgIpc) is 2.84. The van der Waals surface area contributed by atoms with E-state index in [9.17, 15) is 4.79 Å².